The van der Waals surface area contributed by atoms with Gasteiger partial charge >= 0.3 is 0 Å². The van der Waals surface area contributed by atoms with E-state index in [4.69, 9.17) is 4.42 Å². The van der Waals surface area contributed by atoms with Crippen LogP contribution in [0.1, 0.15) is 21.8 Å². The van der Waals surface area contributed by atoms with E-state index in [-0.39, 0.29) is 11.3 Å². The standard InChI is InChI=1S/C18H13N3O2/c1-13-8-9-21(20-13)16-6-4-14(5-7-16)11-15(12-19)18(22)17-3-2-10-23-17/h2-11H,1H3/b15-11+. The molecule has 0 fully saturated rings. The number of ketones is 1. The summed E-state index contributed by atoms with van der Waals surface area (Å²) in [4.78, 5) is 12.1. The molecule has 2 heterocycles. The topological polar surface area (TPSA) is 71.8 Å². The number of hydrogen-bond donors (Lipinski definition) is 0. The lowest BCUT2D eigenvalue weighted by Gasteiger charge is -2.02. The minimum atomic E-state index is -0.427. The van der Waals surface area contributed by atoms with Gasteiger partial charge in [0.2, 0.25) is 5.78 Å². The number of furan rings is 1. The van der Waals surface area contributed by atoms with Crippen molar-refractivity contribution in [2.24, 2.45) is 0 Å². The van der Waals surface area contributed by atoms with Gasteiger partial charge in [-0.25, -0.2) is 4.68 Å². The summed E-state index contributed by atoms with van der Waals surface area (Å²) < 4.78 is 6.81. The van der Waals surface area contributed by atoms with E-state index in [9.17, 15) is 10.1 Å². The van der Waals surface area contributed by atoms with Gasteiger partial charge < -0.3 is 4.42 Å². The summed E-state index contributed by atoms with van der Waals surface area (Å²) in [5.74, 6) is -0.272. The van der Waals surface area contributed by atoms with Gasteiger partial charge in [-0.3, -0.25) is 4.79 Å². The molecule has 0 bridgehead atoms. The van der Waals surface area contributed by atoms with E-state index in [0.29, 0.717) is 0 Å². The second-order valence-electron chi connectivity index (χ2n) is 4.97. The minimum absolute atomic E-state index is 0.0302. The highest BCUT2D eigenvalue weighted by Crippen LogP contribution is 2.15. The summed E-state index contributed by atoms with van der Waals surface area (Å²) >= 11 is 0. The molecule has 0 spiro atoms. The van der Waals surface area contributed by atoms with Crippen molar-refractivity contribution in [2.75, 3.05) is 0 Å². The van der Waals surface area contributed by atoms with Gasteiger partial charge in [0.05, 0.1) is 17.6 Å². The van der Waals surface area contributed by atoms with E-state index >= 15 is 0 Å². The number of benzene rings is 1. The maximum absolute atomic E-state index is 12.1. The molecule has 0 amide bonds. The molecule has 0 unspecified atom stereocenters. The third-order valence-electron chi connectivity index (χ3n) is 3.30. The molecule has 0 aliphatic heterocycles. The number of hydrogen-bond acceptors (Lipinski definition) is 4. The van der Waals surface area contributed by atoms with E-state index in [2.05, 4.69) is 5.10 Å². The molecule has 112 valence electrons. The molecular weight excluding hydrogens is 290 g/mol. The van der Waals surface area contributed by atoms with Crippen molar-refractivity contribution in [3.05, 3.63) is 77.5 Å². The molecule has 0 saturated carbocycles. The zero-order chi connectivity index (χ0) is 16.2. The van der Waals surface area contributed by atoms with Crippen LogP contribution in [0.4, 0.5) is 0 Å². The number of nitriles is 1. The Labute approximate surface area is 133 Å². The summed E-state index contributed by atoms with van der Waals surface area (Å²) in [5.41, 5.74) is 2.63. The first kappa shape index (κ1) is 14.5. The fourth-order valence-electron chi connectivity index (χ4n) is 2.14. The second kappa shape index (κ2) is 6.16. The molecule has 3 aromatic rings. The largest absolute Gasteiger partial charge is 0.461 e. The van der Waals surface area contributed by atoms with Crippen molar-refractivity contribution in [3.8, 4) is 11.8 Å². The van der Waals surface area contributed by atoms with Crippen LogP contribution in [0, 0.1) is 18.3 Å². The molecule has 0 saturated heterocycles. The van der Waals surface area contributed by atoms with Crippen LogP contribution in [0.25, 0.3) is 11.8 Å². The van der Waals surface area contributed by atoms with Crippen molar-refractivity contribution in [2.45, 2.75) is 6.92 Å². The van der Waals surface area contributed by atoms with Gasteiger partial charge in [0.1, 0.15) is 11.6 Å². The Bertz CT molecular complexity index is 895. The van der Waals surface area contributed by atoms with E-state index in [1.54, 1.807) is 16.8 Å². The third kappa shape index (κ3) is 3.11. The van der Waals surface area contributed by atoms with Crippen molar-refractivity contribution in [1.82, 2.24) is 9.78 Å². The van der Waals surface area contributed by atoms with Crippen LogP contribution in [-0.2, 0) is 0 Å². The molecule has 23 heavy (non-hydrogen) atoms. The Morgan fingerprint density at radius 3 is 2.61 bits per heavy atom. The van der Waals surface area contributed by atoms with Crippen LogP contribution in [0.2, 0.25) is 0 Å². The molecule has 1 aromatic carbocycles. The highest BCUT2D eigenvalue weighted by molar-refractivity contribution is 6.12. The summed E-state index contributed by atoms with van der Waals surface area (Å²) in [6.45, 7) is 1.92. The van der Waals surface area contributed by atoms with Crippen LogP contribution >= 0.6 is 0 Å². The number of rotatable bonds is 4. The molecule has 0 aliphatic carbocycles. The number of allylic oxidation sites excluding steroid dienone is 1. The first-order valence-electron chi connectivity index (χ1n) is 7.00. The Morgan fingerprint density at radius 2 is 2.04 bits per heavy atom. The number of aromatic nitrogens is 2. The molecule has 0 N–H and O–H groups in total. The number of nitrogens with zero attached hydrogens (tertiary/aromatic N) is 3. The monoisotopic (exact) mass is 303 g/mol. The molecule has 3 rings (SSSR count). The van der Waals surface area contributed by atoms with E-state index in [1.807, 2.05) is 49.5 Å². The quantitative estimate of drug-likeness (QED) is 0.419. The van der Waals surface area contributed by atoms with E-state index in [0.717, 1.165) is 16.9 Å². The normalized spacial score (nSPS) is 11.2. The summed E-state index contributed by atoms with van der Waals surface area (Å²) in [6, 6.07) is 14.4. The van der Waals surface area contributed by atoms with Crippen molar-refractivity contribution >= 4 is 11.9 Å². The number of aryl methyl sites for hydroxylation is 1. The highest BCUT2D eigenvalue weighted by atomic mass is 16.3. The summed E-state index contributed by atoms with van der Waals surface area (Å²) in [5, 5.41) is 13.5. The lowest BCUT2D eigenvalue weighted by Crippen LogP contribution is -2.00. The lowest BCUT2D eigenvalue weighted by molar-refractivity contribution is 0.101. The Morgan fingerprint density at radius 1 is 1.26 bits per heavy atom. The van der Waals surface area contributed by atoms with Crippen LogP contribution in [0.3, 0.4) is 0 Å². The predicted molar refractivity (Wildman–Crippen MR) is 84.9 cm³/mol. The van der Waals surface area contributed by atoms with E-state index < -0.39 is 5.78 Å². The van der Waals surface area contributed by atoms with Crippen LogP contribution < -0.4 is 0 Å². The van der Waals surface area contributed by atoms with Crippen molar-refractivity contribution in [1.29, 1.82) is 5.26 Å². The first-order chi connectivity index (χ1) is 11.2. The molecular formula is C18H13N3O2. The first-order valence-corrected chi connectivity index (χ1v) is 7.00. The SMILES string of the molecule is Cc1ccn(-c2ccc(/C=C(\C#N)C(=O)c3ccco3)cc2)n1. The summed E-state index contributed by atoms with van der Waals surface area (Å²) in [6.07, 6.45) is 4.83. The van der Waals surface area contributed by atoms with Crippen LogP contribution in [-0.4, -0.2) is 15.6 Å². The molecule has 0 atom stereocenters. The zero-order valence-electron chi connectivity index (χ0n) is 12.4. The summed E-state index contributed by atoms with van der Waals surface area (Å²) in [7, 11) is 0. The number of Topliss-reactive ketones (excluding diaryl/α,β-unsaturated/α-hetero) is 1. The molecule has 0 radical (unpaired) electrons. The highest BCUT2D eigenvalue weighted by Gasteiger charge is 2.14. The number of carbonyl (C=O) groups excluding carboxylic acids is 1. The lowest BCUT2D eigenvalue weighted by atomic mass is 10.1. The van der Waals surface area contributed by atoms with Crippen LogP contribution in [0.5, 0.6) is 0 Å². The van der Waals surface area contributed by atoms with Gasteiger partial charge in [-0.05, 0) is 48.9 Å². The molecule has 0 aliphatic rings. The van der Waals surface area contributed by atoms with Gasteiger partial charge in [-0.15, -0.1) is 0 Å². The van der Waals surface area contributed by atoms with Crippen molar-refractivity contribution < 1.29 is 9.21 Å². The molecule has 5 heteroatoms. The average molecular weight is 303 g/mol. The predicted octanol–water partition coefficient (Wildman–Crippen LogP) is 3.56. The van der Waals surface area contributed by atoms with Gasteiger partial charge in [0.15, 0.2) is 5.76 Å². The van der Waals surface area contributed by atoms with Crippen LogP contribution in [0.15, 0.2) is 64.9 Å². The Hall–Kier alpha value is -3.39. The maximum atomic E-state index is 12.1. The fraction of sp³-hybridized carbons (Fsp3) is 0.0556. The third-order valence-corrected chi connectivity index (χ3v) is 3.30. The van der Waals surface area contributed by atoms with Crippen molar-refractivity contribution in [3.63, 3.8) is 0 Å². The van der Waals surface area contributed by atoms with Gasteiger partial charge in [0.25, 0.3) is 0 Å². The zero-order valence-corrected chi connectivity index (χ0v) is 12.4. The van der Waals surface area contributed by atoms with Gasteiger partial charge in [0, 0.05) is 6.20 Å². The van der Waals surface area contributed by atoms with E-state index in [1.165, 1.54) is 12.3 Å². The van der Waals surface area contributed by atoms with Gasteiger partial charge in [-0.1, -0.05) is 12.1 Å². The second-order valence-corrected chi connectivity index (χ2v) is 4.97. The Kier molecular flexibility index (Phi) is 3.89. The average Bonchev–Trinajstić information content (AvgIpc) is 3.24. The molecule has 2 aromatic heterocycles. The Balaban J connectivity index is 1.86. The smallest absolute Gasteiger partial charge is 0.238 e. The maximum Gasteiger partial charge on any atom is 0.238 e. The van der Waals surface area contributed by atoms with Gasteiger partial charge in [-0.2, -0.15) is 10.4 Å². The fourth-order valence-corrected chi connectivity index (χ4v) is 2.14. The number of carbonyl (C=O) groups is 1. The molecule has 5 nitrogen and oxygen atoms in total. The minimum Gasteiger partial charge on any atom is -0.461 e.